The van der Waals surface area contributed by atoms with Crippen molar-refractivity contribution in [3.05, 3.63) is 84.1 Å². The Hall–Kier alpha value is -4.26. The first-order chi connectivity index (χ1) is 16.4. The summed E-state index contributed by atoms with van der Waals surface area (Å²) in [6.07, 6.45) is 0. The Morgan fingerprint density at radius 2 is 1.56 bits per heavy atom. The van der Waals surface area contributed by atoms with Gasteiger partial charge in [-0.2, -0.15) is 0 Å². The normalized spacial score (nSPS) is 13.4. The van der Waals surface area contributed by atoms with Crippen molar-refractivity contribution in [3.63, 3.8) is 0 Å². The molecule has 1 N–H and O–H groups in total. The first-order valence-corrected chi connectivity index (χ1v) is 11.0. The molecule has 0 aromatic heterocycles. The molecule has 174 valence electrons. The van der Waals surface area contributed by atoms with Crippen LogP contribution in [0.2, 0.25) is 0 Å². The maximum Gasteiger partial charge on any atom is 0.282 e. The molecule has 1 aliphatic rings. The predicted octanol–water partition coefficient (Wildman–Crippen LogP) is 4.56. The number of hydrogen-bond donors (Lipinski definition) is 1. The summed E-state index contributed by atoms with van der Waals surface area (Å²) >= 11 is 0. The molecule has 0 spiro atoms. The highest BCUT2D eigenvalue weighted by atomic mass is 16.5. The second-order valence-electron chi connectivity index (χ2n) is 7.89. The molecule has 0 fully saturated rings. The number of para-hydroxylation sites is 1. The number of imide groups is 1. The lowest BCUT2D eigenvalue weighted by Crippen LogP contribution is -2.32. The van der Waals surface area contributed by atoms with Crippen molar-refractivity contribution >= 4 is 34.4 Å². The van der Waals surface area contributed by atoms with Crippen LogP contribution in [0, 0.1) is 0 Å². The second-order valence-corrected chi connectivity index (χ2v) is 7.89. The topological polar surface area (TPSA) is 71.1 Å². The molecular weight excluding hydrogens is 430 g/mol. The number of carbonyl (C=O) groups is 2. The van der Waals surface area contributed by atoms with Gasteiger partial charge in [-0.3, -0.25) is 9.59 Å². The lowest BCUT2D eigenvalue weighted by Gasteiger charge is -2.16. The van der Waals surface area contributed by atoms with Crippen LogP contribution in [0.5, 0.6) is 11.5 Å². The van der Waals surface area contributed by atoms with Crippen LogP contribution in [-0.2, 0) is 9.59 Å². The van der Waals surface area contributed by atoms with E-state index in [-0.39, 0.29) is 11.3 Å². The Bertz CT molecular complexity index is 1230. The first-order valence-electron chi connectivity index (χ1n) is 11.0. The van der Waals surface area contributed by atoms with Crippen LogP contribution >= 0.6 is 0 Å². The molecule has 0 unspecified atom stereocenters. The monoisotopic (exact) mass is 457 g/mol. The number of anilines is 3. The van der Waals surface area contributed by atoms with E-state index in [2.05, 4.69) is 5.32 Å². The van der Waals surface area contributed by atoms with Crippen molar-refractivity contribution in [2.75, 3.05) is 42.9 Å². The standard InChI is InChI=1S/C27H27N3O4/c1-5-34-21-16-14-20(15-17-21)30-26(31)24(22-8-6-7-9-23(22)33-4)25(27(30)32)28-18-10-12-19(13-11-18)29(2)3/h6-17,28H,5H2,1-4H3. The molecule has 0 atom stereocenters. The molecule has 0 radical (unpaired) electrons. The van der Waals surface area contributed by atoms with Gasteiger partial charge in [-0.15, -0.1) is 0 Å². The maximum absolute atomic E-state index is 13.7. The SMILES string of the molecule is CCOc1ccc(N2C(=O)C(Nc3ccc(N(C)C)cc3)=C(c3ccccc3OC)C2=O)cc1. The summed E-state index contributed by atoms with van der Waals surface area (Å²) in [6, 6.07) is 21.7. The van der Waals surface area contributed by atoms with Crippen molar-refractivity contribution in [2.24, 2.45) is 0 Å². The quantitative estimate of drug-likeness (QED) is 0.500. The lowest BCUT2D eigenvalue weighted by molar-refractivity contribution is -0.120. The van der Waals surface area contributed by atoms with Gasteiger partial charge in [0.1, 0.15) is 17.2 Å². The molecule has 0 aliphatic carbocycles. The number of hydrogen-bond acceptors (Lipinski definition) is 6. The Balaban J connectivity index is 1.77. The number of nitrogens with one attached hydrogen (secondary N) is 1. The van der Waals surface area contributed by atoms with E-state index in [1.807, 2.05) is 62.3 Å². The van der Waals surface area contributed by atoms with Crippen LogP contribution in [0.15, 0.2) is 78.5 Å². The Labute approximate surface area is 199 Å². The lowest BCUT2D eigenvalue weighted by atomic mass is 10.0. The summed E-state index contributed by atoms with van der Waals surface area (Å²) in [5.74, 6) is 0.315. The zero-order chi connectivity index (χ0) is 24.2. The fraction of sp³-hybridized carbons (Fsp3) is 0.185. The predicted molar refractivity (Wildman–Crippen MR) is 134 cm³/mol. The highest BCUT2D eigenvalue weighted by molar-refractivity contribution is 6.46. The third-order valence-electron chi connectivity index (χ3n) is 5.52. The smallest absolute Gasteiger partial charge is 0.282 e. The van der Waals surface area contributed by atoms with Gasteiger partial charge in [0.2, 0.25) is 0 Å². The van der Waals surface area contributed by atoms with Gasteiger partial charge in [0.05, 0.1) is 25.0 Å². The summed E-state index contributed by atoms with van der Waals surface area (Å²) in [4.78, 5) is 30.4. The molecule has 1 heterocycles. The molecule has 0 saturated heterocycles. The molecule has 34 heavy (non-hydrogen) atoms. The summed E-state index contributed by atoms with van der Waals surface area (Å²) in [5, 5.41) is 3.19. The van der Waals surface area contributed by atoms with Crippen molar-refractivity contribution in [3.8, 4) is 11.5 Å². The highest BCUT2D eigenvalue weighted by Crippen LogP contribution is 2.37. The minimum atomic E-state index is -0.438. The highest BCUT2D eigenvalue weighted by Gasteiger charge is 2.41. The van der Waals surface area contributed by atoms with Crippen LogP contribution in [0.1, 0.15) is 12.5 Å². The third kappa shape index (κ3) is 4.32. The number of amides is 2. The van der Waals surface area contributed by atoms with E-state index in [9.17, 15) is 9.59 Å². The molecule has 0 bridgehead atoms. The third-order valence-corrected chi connectivity index (χ3v) is 5.52. The van der Waals surface area contributed by atoms with Crippen LogP contribution in [0.4, 0.5) is 17.1 Å². The average Bonchev–Trinajstić information content (AvgIpc) is 3.09. The Morgan fingerprint density at radius 3 is 2.18 bits per heavy atom. The van der Waals surface area contributed by atoms with Gasteiger partial charge >= 0.3 is 0 Å². The first kappa shape index (κ1) is 22.9. The van der Waals surface area contributed by atoms with Gasteiger partial charge in [0, 0.05) is 31.0 Å². The van der Waals surface area contributed by atoms with Gasteiger partial charge in [-0.1, -0.05) is 18.2 Å². The Kier molecular flexibility index (Phi) is 6.54. The summed E-state index contributed by atoms with van der Waals surface area (Å²) in [6.45, 7) is 2.43. The van der Waals surface area contributed by atoms with Crippen LogP contribution in [-0.4, -0.2) is 39.6 Å². The van der Waals surface area contributed by atoms with Crippen molar-refractivity contribution < 1.29 is 19.1 Å². The Morgan fingerprint density at radius 1 is 0.882 bits per heavy atom. The van der Waals surface area contributed by atoms with Crippen molar-refractivity contribution in [2.45, 2.75) is 6.92 Å². The number of rotatable bonds is 8. The summed E-state index contributed by atoms with van der Waals surface area (Å²) in [5.41, 5.74) is 3.18. The molecule has 1 aliphatic heterocycles. The fourth-order valence-corrected chi connectivity index (χ4v) is 3.83. The second kappa shape index (κ2) is 9.70. The molecule has 2 amide bonds. The van der Waals surface area contributed by atoms with Gasteiger partial charge in [0.25, 0.3) is 11.8 Å². The number of carbonyl (C=O) groups excluding carboxylic acids is 2. The van der Waals surface area contributed by atoms with Crippen molar-refractivity contribution in [1.82, 2.24) is 0 Å². The van der Waals surface area contributed by atoms with E-state index in [0.717, 1.165) is 5.69 Å². The fourth-order valence-electron chi connectivity index (χ4n) is 3.83. The van der Waals surface area contributed by atoms with Gasteiger partial charge in [-0.05, 0) is 61.5 Å². The molecule has 4 rings (SSSR count). The average molecular weight is 458 g/mol. The number of nitrogens with zero attached hydrogens (tertiary/aromatic N) is 2. The summed E-state index contributed by atoms with van der Waals surface area (Å²) in [7, 11) is 5.45. The number of benzene rings is 3. The molecule has 7 heteroatoms. The minimum Gasteiger partial charge on any atom is -0.496 e. The van der Waals surface area contributed by atoms with E-state index in [0.29, 0.717) is 35.0 Å². The minimum absolute atomic E-state index is 0.195. The van der Waals surface area contributed by atoms with Gasteiger partial charge < -0.3 is 19.7 Å². The van der Waals surface area contributed by atoms with E-state index < -0.39 is 11.8 Å². The van der Waals surface area contributed by atoms with Crippen molar-refractivity contribution in [1.29, 1.82) is 0 Å². The van der Waals surface area contributed by atoms with E-state index in [1.165, 1.54) is 12.0 Å². The van der Waals surface area contributed by atoms with Gasteiger partial charge in [0.15, 0.2) is 0 Å². The molecular formula is C27H27N3O4. The van der Waals surface area contributed by atoms with Crippen LogP contribution < -0.4 is 24.6 Å². The maximum atomic E-state index is 13.7. The van der Waals surface area contributed by atoms with E-state index >= 15 is 0 Å². The van der Waals surface area contributed by atoms with E-state index in [1.54, 1.807) is 36.4 Å². The van der Waals surface area contributed by atoms with Crippen LogP contribution in [0.25, 0.3) is 5.57 Å². The molecule has 3 aromatic carbocycles. The number of ether oxygens (including phenoxy) is 2. The van der Waals surface area contributed by atoms with Crippen LogP contribution in [0.3, 0.4) is 0 Å². The zero-order valence-electron chi connectivity index (χ0n) is 19.7. The van der Waals surface area contributed by atoms with Gasteiger partial charge in [-0.25, -0.2) is 4.90 Å². The summed E-state index contributed by atoms with van der Waals surface area (Å²) < 4.78 is 11.0. The largest absolute Gasteiger partial charge is 0.496 e. The molecule has 0 saturated carbocycles. The molecule has 3 aromatic rings. The number of methoxy groups -OCH3 is 1. The zero-order valence-corrected chi connectivity index (χ0v) is 19.7. The molecule has 7 nitrogen and oxygen atoms in total. The van der Waals surface area contributed by atoms with E-state index in [4.69, 9.17) is 9.47 Å².